The van der Waals surface area contributed by atoms with E-state index in [1.165, 1.54) is 5.56 Å². The summed E-state index contributed by atoms with van der Waals surface area (Å²) < 4.78 is 0. The number of alkyl halides is 1. The van der Waals surface area contributed by atoms with E-state index < -0.39 is 0 Å². The molecular formula is C19H21Cl. The third kappa shape index (κ3) is 4.02. The highest BCUT2D eigenvalue weighted by Crippen LogP contribution is 2.33. The molecule has 0 N–H and O–H groups in total. The lowest BCUT2D eigenvalue weighted by atomic mass is 9.77. The zero-order chi connectivity index (χ0) is 14.2. The molecule has 0 saturated heterocycles. The second-order valence-corrected chi connectivity index (χ2v) is 5.56. The average molecular weight is 285 g/mol. The van der Waals surface area contributed by atoms with Gasteiger partial charge in [-0.15, -0.1) is 17.5 Å². The van der Waals surface area contributed by atoms with E-state index in [1.807, 2.05) is 0 Å². The molecule has 1 aliphatic carbocycles. The van der Waals surface area contributed by atoms with Crippen LogP contribution in [0.5, 0.6) is 0 Å². The normalized spacial score (nSPS) is 22.1. The Morgan fingerprint density at radius 3 is 2.65 bits per heavy atom. The fourth-order valence-corrected chi connectivity index (χ4v) is 2.70. The van der Waals surface area contributed by atoms with Gasteiger partial charge in [0.25, 0.3) is 0 Å². The standard InChI is InChI=1S/C19H21Cl/c1-16(17-10-4-2-5-11-17)19-14-8-7-13-18(19)12-6-3-9-15-20/h2,4-5,7-8,10-11,13-14,16,18-19H,3,9,15H2,1H3/t16?,18-,19?/m0/s1. The summed E-state index contributed by atoms with van der Waals surface area (Å²) in [7, 11) is 0. The zero-order valence-electron chi connectivity index (χ0n) is 11.9. The first-order valence-corrected chi connectivity index (χ1v) is 7.80. The van der Waals surface area contributed by atoms with Crippen molar-refractivity contribution in [3.8, 4) is 11.8 Å². The van der Waals surface area contributed by atoms with Gasteiger partial charge in [-0.25, -0.2) is 0 Å². The van der Waals surface area contributed by atoms with Crippen LogP contribution in [0.25, 0.3) is 0 Å². The third-order valence-corrected chi connectivity index (χ3v) is 4.05. The maximum atomic E-state index is 5.69. The molecule has 20 heavy (non-hydrogen) atoms. The van der Waals surface area contributed by atoms with Crippen molar-refractivity contribution in [3.05, 3.63) is 60.2 Å². The molecule has 0 bridgehead atoms. The Morgan fingerprint density at radius 2 is 1.90 bits per heavy atom. The number of hydrogen-bond acceptors (Lipinski definition) is 0. The average Bonchev–Trinajstić information content (AvgIpc) is 2.52. The molecule has 0 amide bonds. The van der Waals surface area contributed by atoms with E-state index in [1.54, 1.807) is 0 Å². The van der Waals surface area contributed by atoms with E-state index >= 15 is 0 Å². The maximum absolute atomic E-state index is 5.69. The lowest BCUT2D eigenvalue weighted by Crippen LogP contribution is -2.17. The van der Waals surface area contributed by atoms with Crippen LogP contribution in [0.4, 0.5) is 0 Å². The lowest BCUT2D eigenvalue weighted by Gasteiger charge is -2.26. The topological polar surface area (TPSA) is 0 Å². The van der Waals surface area contributed by atoms with Crippen molar-refractivity contribution in [2.75, 3.05) is 5.88 Å². The van der Waals surface area contributed by atoms with Gasteiger partial charge in [-0.05, 0) is 17.9 Å². The number of hydrogen-bond donors (Lipinski definition) is 0. The van der Waals surface area contributed by atoms with E-state index in [0.29, 0.717) is 23.6 Å². The molecule has 0 saturated carbocycles. The van der Waals surface area contributed by atoms with Gasteiger partial charge in [0, 0.05) is 24.1 Å². The Bertz CT molecular complexity index is 516. The van der Waals surface area contributed by atoms with Crippen molar-refractivity contribution < 1.29 is 0 Å². The number of benzene rings is 1. The van der Waals surface area contributed by atoms with Crippen molar-refractivity contribution >= 4 is 11.6 Å². The minimum Gasteiger partial charge on any atom is -0.127 e. The number of halogens is 1. The van der Waals surface area contributed by atoms with Crippen LogP contribution in [0.1, 0.15) is 31.2 Å². The highest BCUT2D eigenvalue weighted by Gasteiger charge is 2.23. The summed E-state index contributed by atoms with van der Waals surface area (Å²) >= 11 is 5.69. The Labute approximate surface area is 127 Å². The first kappa shape index (κ1) is 14.9. The van der Waals surface area contributed by atoms with Crippen LogP contribution in [0, 0.1) is 23.7 Å². The van der Waals surface area contributed by atoms with Crippen LogP contribution in [0.3, 0.4) is 0 Å². The summed E-state index contributed by atoms with van der Waals surface area (Å²) in [5.74, 6) is 8.61. The van der Waals surface area contributed by atoms with Gasteiger partial charge in [0.2, 0.25) is 0 Å². The van der Waals surface area contributed by atoms with E-state index in [-0.39, 0.29) is 0 Å². The van der Waals surface area contributed by atoms with Gasteiger partial charge in [-0.1, -0.05) is 67.5 Å². The van der Waals surface area contributed by atoms with Gasteiger partial charge in [0.1, 0.15) is 0 Å². The van der Waals surface area contributed by atoms with Gasteiger partial charge >= 0.3 is 0 Å². The van der Waals surface area contributed by atoms with Crippen LogP contribution in [0.15, 0.2) is 54.6 Å². The Hall–Kier alpha value is -1.45. The molecule has 2 unspecified atom stereocenters. The van der Waals surface area contributed by atoms with E-state index in [0.717, 1.165) is 12.8 Å². The largest absolute Gasteiger partial charge is 0.127 e. The SMILES string of the molecule is CC(c1ccccc1)C1C=CC=C[C@@H]1C#CCCCCl. The fraction of sp³-hybridized carbons (Fsp3) is 0.368. The predicted octanol–water partition coefficient (Wildman–Crippen LogP) is 5.17. The summed E-state index contributed by atoms with van der Waals surface area (Å²) in [4.78, 5) is 0. The molecule has 0 aliphatic heterocycles. The van der Waals surface area contributed by atoms with Crippen LogP contribution >= 0.6 is 11.6 Å². The second kappa shape index (κ2) is 7.98. The Morgan fingerprint density at radius 1 is 1.15 bits per heavy atom. The molecule has 1 aliphatic rings. The number of unbranched alkanes of at least 4 members (excludes halogenated alkanes) is 1. The lowest BCUT2D eigenvalue weighted by molar-refractivity contribution is 0.479. The van der Waals surface area contributed by atoms with Crippen molar-refractivity contribution in [1.29, 1.82) is 0 Å². The summed E-state index contributed by atoms with van der Waals surface area (Å²) in [6, 6.07) is 10.7. The molecule has 2 rings (SSSR count). The van der Waals surface area contributed by atoms with Crippen molar-refractivity contribution in [2.24, 2.45) is 11.8 Å². The molecule has 0 nitrogen and oxygen atoms in total. The molecule has 104 valence electrons. The van der Waals surface area contributed by atoms with Crippen LogP contribution in [-0.4, -0.2) is 5.88 Å². The fourth-order valence-electron chi connectivity index (χ4n) is 2.57. The Balaban J connectivity index is 2.09. The number of allylic oxidation sites excluding steroid dienone is 4. The van der Waals surface area contributed by atoms with Gasteiger partial charge in [-0.2, -0.15) is 0 Å². The van der Waals surface area contributed by atoms with Gasteiger partial charge in [0.05, 0.1) is 0 Å². The van der Waals surface area contributed by atoms with Gasteiger partial charge < -0.3 is 0 Å². The summed E-state index contributed by atoms with van der Waals surface area (Å²) in [5.41, 5.74) is 1.38. The van der Waals surface area contributed by atoms with Crippen LogP contribution in [-0.2, 0) is 0 Å². The highest BCUT2D eigenvalue weighted by molar-refractivity contribution is 6.17. The van der Waals surface area contributed by atoms with Crippen molar-refractivity contribution in [1.82, 2.24) is 0 Å². The second-order valence-electron chi connectivity index (χ2n) is 5.19. The monoisotopic (exact) mass is 284 g/mol. The molecule has 0 fully saturated rings. The smallest absolute Gasteiger partial charge is 0.0454 e. The first-order valence-electron chi connectivity index (χ1n) is 7.27. The van der Waals surface area contributed by atoms with Crippen molar-refractivity contribution in [3.63, 3.8) is 0 Å². The van der Waals surface area contributed by atoms with Crippen molar-refractivity contribution in [2.45, 2.75) is 25.7 Å². The first-order chi connectivity index (χ1) is 9.83. The molecule has 0 heterocycles. The molecule has 1 aromatic carbocycles. The van der Waals surface area contributed by atoms with E-state index in [9.17, 15) is 0 Å². The Kier molecular flexibility index (Phi) is 5.96. The van der Waals surface area contributed by atoms with Gasteiger partial charge in [0.15, 0.2) is 0 Å². The zero-order valence-corrected chi connectivity index (χ0v) is 12.7. The molecule has 1 aromatic rings. The van der Waals surface area contributed by atoms with E-state index in [2.05, 4.69) is 73.4 Å². The van der Waals surface area contributed by atoms with Crippen LogP contribution < -0.4 is 0 Å². The van der Waals surface area contributed by atoms with E-state index in [4.69, 9.17) is 11.6 Å². The summed E-state index contributed by atoms with van der Waals surface area (Å²) in [6.45, 7) is 2.29. The molecule has 0 aromatic heterocycles. The predicted molar refractivity (Wildman–Crippen MR) is 87.8 cm³/mol. The number of rotatable bonds is 4. The quantitative estimate of drug-likeness (QED) is 0.406. The molecule has 1 heteroatoms. The maximum Gasteiger partial charge on any atom is 0.0454 e. The molecule has 0 spiro atoms. The molecule has 0 radical (unpaired) electrons. The van der Waals surface area contributed by atoms with Crippen LogP contribution in [0.2, 0.25) is 0 Å². The molecular weight excluding hydrogens is 264 g/mol. The van der Waals surface area contributed by atoms with Gasteiger partial charge in [-0.3, -0.25) is 0 Å². The summed E-state index contributed by atoms with van der Waals surface area (Å²) in [6.07, 6.45) is 10.6. The highest BCUT2D eigenvalue weighted by atomic mass is 35.5. The summed E-state index contributed by atoms with van der Waals surface area (Å²) in [5, 5.41) is 0. The third-order valence-electron chi connectivity index (χ3n) is 3.78. The minimum atomic E-state index is 0.311. The minimum absolute atomic E-state index is 0.311. The molecule has 3 atom stereocenters.